The number of fused-ring (bicyclic) bond motifs is 4. The van der Waals surface area contributed by atoms with Crippen LogP contribution >= 0.6 is 0 Å². The van der Waals surface area contributed by atoms with Crippen molar-refractivity contribution >= 4 is 53.2 Å². The first-order chi connectivity index (χ1) is 13.4. The Hall–Kier alpha value is -3.23. The summed E-state index contributed by atoms with van der Waals surface area (Å²) < 4.78 is 0. The molecule has 2 heteroatoms. The van der Waals surface area contributed by atoms with E-state index in [4.69, 9.17) is 0 Å². The SMILES string of the molecule is C1=Cc2ccccc2[Si]1.c1ccc2cc3cc4ncccc4cc3cc2c1. The summed E-state index contributed by atoms with van der Waals surface area (Å²) in [4.78, 5) is 4.41. The van der Waals surface area contributed by atoms with Crippen LogP contribution in [0.15, 0.2) is 96.8 Å². The highest BCUT2D eigenvalue weighted by Gasteiger charge is 2.02. The van der Waals surface area contributed by atoms with Crippen molar-refractivity contribution in [3.05, 3.63) is 102 Å². The Morgan fingerprint density at radius 3 is 2.07 bits per heavy atom. The van der Waals surface area contributed by atoms with Crippen LogP contribution in [0, 0.1) is 0 Å². The quantitative estimate of drug-likeness (QED) is 0.261. The van der Waals surface area contributed by atoms with Crippen LogP contribution in [0.5, 0.6) is 0 Å². The van der Waals surface area contributed by atoms with Crippen LogP contribution in [0.3, 0.4) is 0 Å². The molecule has 0 saturated heterocycles. The zero-order valence-corrected chi connectivity index (χ0v) is 15.8. The second-order valence-electron chi connectivity index (χ2n) is 6.66. The number of hydrogen-bond donors (Lipinski definition) is 0. The van der Waals surface area contributed by atoms with Gasteiger partial charge in [-0.1, -0.05) is 71.6 Å². The zero-order chi connectivity index (χ0) is 18.1. The fourth-order valence-electron chi connectivity index (χ4n) is 3.51. The molecule has 2 radical (unpaired) electrons. The lowest BCUT2D eigenvalue weighted by Crippen LogP contribution is -2.09. The number of nitrogens with zero attached hydrogens (tertiary/aromatic N) is 1. The van der Waals surface area contributed by atoms with Gasteiger partial charge in [-0.3, -0.25) is 4.98 Å². The summed E-state index contributed by atoms with van der Waals surface area (Å²) in [5.41, 5.74) is 4.68. The smallest absolute Gasteiger partial charge is 0.112 e. The van der Waals surface area contributed by atoms with Crippen LogP contribution in [-0.2, 0) is 0 Å². The van der Waals surface area contributed by atoms with Gasteiger partial charge in [-0.05, 0) is 57.4 Å². The average Bonchev–Trinajstić information content (AvgIpc) is 3.20. The molecular formula is C25H17NSi. The molecule has 0 atom stereocenters. The van der Waals surface area contributed by atoms with Crippen LogP contribution in [0.2, 0.25) is 0 Å². The van der Waals surface area contributed by atoms with Crippen molar-refractivity contribution in [2.75, 3.05) is 0 Å². The fourth-order valence-corrected chi connectivity index (χ4v) is 4.48. The number of hydrogen-bond acceptors (Lipinski definition) is 1. The topological polar surface area (TPSA) is 12.9 Å². The van der Waals surface area contributed by atoms with Crippen molar-refractivity contribution < 1.29 is 0 Å². The van der Waals surface area contributed by atoms with E-state index < -0.39 is 0 Å². The Balaban J connectivity index is 0.000000149. The predicted molar refractivity (Wildman–Crippen MR) is 118 cm³/mol. The molecule has 1 aliphatic rings. The van der Waals surface area contributed by atoms with Crippen LogP contribution in [0.1, 0.15) is 5.56 Å². The Morgan fingerprint density at radius 1 is 0.593 bits per heavy atom. The average molecular weight is 360 g/mol. The van der Waals surface area contributed by atoms with Gasteiger partial charge in [-0.25, -0.2) is 0 Å². The van der Waals surface area contributed by atoms with Gasteiger partial charge in [0.2, 0.25) is 0 Å². The third kappa shape index (κ3) is 3.16. The van der Waals surface area contributed by atoms with E-state index >= 15 is 0 Å². The van der Waals surface area contributed by atoms with Gasteiger partial charge in [-0.15, -0.1) is 0 Å². The number of aromatic nitrogens is 1. The molecule has 0 aliphatic carbocycles. The molecule has 6 rings (SSSR count). The van der Waals surface area contributed by atoms with E-state index in [1.807, 2.05) is 12.3 Å². The number of rotatable bonds is 0. The molecule has 0 N–H and O–H groups in total. The zero-order valence-electron chi connectivity index (χ0n) is 14.8. The van der Waals surface area contributed by atoms with E-state index in [9.17, 15) is 0 Å². The molecule has 0 fully saturated rings. The number of benzene rings is 4. The number of pyridine rings is 1. The van der Waals surface area contributed by atoms with Crippen molar-refractivity contribution in [3.8, 4) is 0 Å². The Labute approximate surface area is 160 Å². The van der Waals surface area contributed by atoms with E-state index in [2.05, 4.69) is 95.6 Å². The predicted octanol–water partition coefficient (Wildman–Crippen LogP) is 5.54. The Kier molecular flexibility index (Phi) is 4.04. The van der Waals surface area contributed by atoms with Crippen molar-refractivity contribution in [2.45, 2.75) is 0 Å². The summed E-state index contributed by atoms with van der Waals surface area (Å²) >= 11 is 0. The van der Waals surface area contributed by atoms with Crippen molar-refractivity contribution in [1.82, 2.24) is 4.98 Å². The third-order valence-electron chi connectivity index (χ3n) is 4.89. The molecule has 126 valence electrons. The molecule has 0 amide bonds. The molecule has 0 saturated carbocycles. The second kappa shape index (κ2) is 6.82. The minimum atomic E-state index is 0.899. The van der Waals surface area contributed by atoms with Crippen molar-refractivity contribution in [2.24, 2.45) is 0 Å². The molecule has 0 spiro atoms. The molecular weight excluding hydrogens is 342 g/mol. The summed E-state index contributed by atoms with van der Waals surface area (Å²) in [6.45, 7) is 0. The van der Waals surface area contributed by atoms with E-state index in [0.717, 1.165) is 15.0 Å². The molecule has 1 aromatic heterocycles. The lowest BCUT2D eigenvalue weighted by Gasteiger charge is -2.04. The Bertz CT molecular complexity index is 1160. The molecule has 1 nitrogen and oxygen atoms in total. The summed E-state index contributed by atoms with van der Waals surface area (Å²) in [5.74, 6) is 0. The molecule has 5 aromatic rings. The van der Waals surface area contributed by atoms with Crippen molar-refractivity contribution in [1.29, 1.82) is 0 Å². The van der Waals surface area contributed by atoms with Gasteiger partial charge in [0.15, 0.2) is 0 Å². The first kappa shape index (κ1) is 16.0. The summed E-state index contributed by atoms with van der Waals surface area (Å²) in [6.07, 6.45) is 4.03. The summed E-state index contributed by atoms with van der Waals surface area (Å²) in [7, 11) is 0.899. The molecule has 0 bridgehead atoms. The first-order valence-electron chi connectivity index (χ1n) is 9.06. The molecule has 1 aliphatic heterocycles. The highest BCUT2D eigenvalue weighted by atomic mass is 28.2. The second-order valence-corrected chi connectivity index (χ2v) is 7.82. The minimum Gasteiger partial charge on any atom is -0.256 e. The van der Waals surface area contributed by atoms with Gasteiger partial charge in [-0.2, -0.15) is 0 Å². The third-order valence-corrected chi connectivity index (χ3v) is 5.99. The van der Waals surface area contributed by atoms with Gasteiger partial charge in [0.25, 0.3) is 0 Å². The maximum Gasteiger partial charge on any atom is 0.112 e. The first-order valence-corrected chi connectivity index (χ1v) is 10.1. The largest absolute Gasteiger partial charge is 0.256 e. The van der Waals surface area contributed by atoms with E-state index in [1.165, 1.54) is 37.7 Å². The van der Waals surface area contributed by atoms with Crippen LogP contribution in [-0.4, -0.2) is 14.5 Å². The van der Waals surface area contributed by atoms with Gasteiger partial charge >= 0.3 is 0 Å². The Morgan fingerprint density at radius 2 is 1.26 bits per heavy atom. The van der Waals surface area contributed by atoms with Gasteiger partial charge in [0.1, 0.15) is 9.52 Å². The standard InChI is InChI=1S/C17H11N.C8H6Si/c1-2-5-13-9-16-11-17-14(6-3-7-18-17)10-15(16)8-12(13)4-1;1-2-4-8-7(3-1)5-6-9-8/h1-11H;1-6H. The highest BCUT2D eigenvalue weighted by molar-refractivity contribution is 6.62. The van der Waals surface area contributed by atoms with Crippen LogP contribution < -0.4 is 5.19 Å². The maximum absolute atomic E-state index is 4.41. The lowest BCUT2D eigenvalue weighted by molar-refractivity contribution is 1.42. The lowest BCUT2D eigenvalue weighted by atomic mass is 10.0. The molecule has 0 unspecified atom stereocenters. The highest BCUT2D eigenvalue weighted by Crippen LogP contribution is 2.26. The van der Waals surface area contributed by atoms with Crippen LogP contribution in [0.4, 0.5) is 0 Å². The maximum atomic E-state index is 4.41. The summed E-state index contributed by atoms with van der Waals surface area (Å²) in [5, 5.41) is 7.76. The molecule has 2 heterocycles. The monoisotopic (exact) mass is 359 g/mol. The van der Waals surface area contributed by atoms with E-state index in [0.29, 0.717) is 0 Å². The van der Waals surface area contributed by atoms with Gasteiger partial charge in [0.05, 0.1) is 5.52 Å². The van der Waals surface area contributed by atoms with Gasteiger partial charge < -0.3 is 0 Å². The van der Waals surface area contributed by atoms with Gasteiger partial charge in [0, 0.05) is 11.6 Å². The normalized spacial score (nSPS) is 12.1. The minimum absolute atomic E-state index is 0.899. The van der Waals surface area contributed by atoms with Crippen molar-refractivity contribution in [3.63, 3.8) is 0 Å². The van der Waals surface area contributed by atoms with Crippen LogP contribution in [0.25, 0.3) is 38.5 Å². The molecule has 27 heavy (non-hydrogen) atoms. The van der Waals surface area contributed by atoms with E-state index in [-0.39, 0.29) is 0 Å². The summed E-state index contributed by atoms with van der Waals surface area (Å²) in [6, 6.07) is 29.9. The molecule has 4 aromatic carbocycles. The van der Waals surface area contributed by atoms with E-state index in [1.54, 1.807) is 0 Å². The fraction of sp³-hybridized carbons (Fsp3) is 0.